The van der Waals surface area contributed by atoms with Gasteiger partial charge in [0.1, 0.15) is 11.3 Å². The van der Waals surface area contributed by atoms with Crippen LogP contribution in [0.4, 0.5) is 0 Å². The van der Waals surface area contributed by atoms with Crippen molar-refractivity contribution >= 4 is 40.0 Å². The molecule has 1 aromatic carbocycles. The molecule has 0 aliphatic heterocycles. The number of aromatic nitrogens is 3. The van der Waals surface area contributed by atoms with Gasteiger partial charge in [0, 0.05) is 35.5 Å². The highest BCUT2D eigenvalue weighted by Crippen LogP contribution is 2.19. The molecule has 0 aliphatic carbocycles. The highest BCUT2D eigenvalue weighted by atomic mass is 35.5. The average molecular weight is 411 g/mol. The number of hydrogen-bond donors (Lipinski definition) is 1. The van der Waals surface area contributed by atoms with Crippen LogP contribution in [0.3, 0.4) is 0 Å². The number of aryl methyl sites for hydroxylation is 1. The van der Waals surface area contributed by atoms with E-state index in [4.69, 9.17) is 16.6 Å². The lowest BCUT2D eigenvalue weighted by molar-refractivity contribution is -0.121. The van der Waals surface area contributed by atoms with Gasteiger partial charge in [0.2, 0.25) is 5.91 Å². The van der Waals surface area contributed by atoms with Crippen LogP contribution < -0.4 is 5.32 Å². The number of halogens is 1. The van der Waals surface area contributed by atoms with E-state index in [1.54, 1.807) is 17.5 Å². The minimum Gasteiger partial charge on any atom is -0.352 e. The maximum absolute atomic E-state index is 12.3. The molecule has 0 saturated carbocycles. The summed E-state index contributed by atoms with van der Waals surface area (Å²) in [5.41, 5.74) is 2.61. The summed E-state index contributed by atoms with van der Waals surface area (Å²) >= 11 is 7.85. The fraction of sp³-hybridized carbons (Fsp3) is 0.190. The molecule has 4 aromatic rings. The van der Waals surface area contributed by atoms with Crippen molar-refractivity contribution < 1.29 is 4.79 Å². The number of pyridine rings is 1. The number of carbonyl (C=O) groups excluding carboxylic acids is 1. The summed E-state index contributed by atoms with van der Waals surface area (Å²) in [5, 5.41) is 5.65. The van der Waals surface area contributed by atoms with E-state index < -0.39 is 0 Å². The fourth-order valence-electron chi connectivity index (χ4n) is 3.07. The van der Waals surface area contributed by atoms with Gasteiger partial charge in [-0.05, 0) is 35.2 Å². The van der Waals surface area contributed by atoms with E-state index in [1.165, 1.54) is 4.88 Å². The summed E-state index contributed by atoms with van der Waals surface area (Å²) in [6.45, 7) is 1.13. The third-order valence-electron chi connectivity index (χ3n) is 4.49. The molecule has 0 bridgehead atoms. The molecule has 0 saturated heterocycles. The predicted octanol–water partition coefficient (Wildman–Crippen LogP) is 4.44. The molecule has 0 radical (unpaired) electrons. The number of thiophene rings is 1. The number of imidazole rings is 1. The van der Waals surface area contributed by atoms with Crippen molar-refractivity contribution in [1.29, 1.82) is 0 Å². The minimum atomic E-state index is -0.0254. The van der Waals surface area contributed by atoms with Gasteiger partial charge in [-0.25, -0.2) is 9.97 Å². The molecule has 142 valence electrons. The molecule has 0 spiro atoms. The van der Waals surface area contributed by atoms with Gasteiger partial charge in [0.25, 0.3) is 0 Å². The Morgan fingerprint density at radius 2 is 2.04 bits per heavy atom. The number of rotatable bonds is 7. The second-order valence-corrected chi connectivity index (χ2v) is 7.85. The molecule has 3 aromatic heterocycles. The van der Waals surface area contributed by atoms with E-state index in [9.17, 15) is 4.79 Å². The van der Waals surface area contributed by atoms with Crippen LogP contribution in [0, 0.1) is 0 Å². The van der Waals surface area contributed by atoms with Crippen LogP contribution in [0.5, 0.6) is 0 Å². The van der Waals surface area contributed by atoms with Crippen LogP contribution in [0.25, 0.3) is 11.2 Å². The molecule has 1 amide bonds. The Morgan fingerprint density at radius 3 is 2.86 bits per heavy atom. The Kier molecular flexibility index (Phi) is 5.69. The molecular formula is C21H19ClN4OS. The normalized spacial score (nSPS) is 11.0. The first-order valence-corrected chi connectivity index (χ1v) is 10.3. The predicted molar refractivity (Wildman–Crippen MR) is 113 cm³/mol. The third kappa shape index (κ3) is 4.24. The minimum absolute atomic E-state index is 0.0254. The van der Waals surface area contributed by atoms with Gasteiger partial charge < -0.3 is 9.88 Å². The molecular weight excluding hydrogens is 392 g/mol. The summed E-state index contributed by atoms with van der Waals surface area (Å²) in [5.74, 6) is 0.845. The molecule has 7 heteroatoms. The number of nitrogens with zero attached hydrogens (tertiary/aromatic N) is 3. The number of amides is 1. The van der Waals surface area contributed by atoms with E-state index in [2.05, 4.69) is 26.3 Å². The number of benzene rings is 1. The molecule has 0 aliphatic rings. The Hall–Kier alpha value is -2.70. The maximum atomic E-state index is 12.3. The first-order valence-electron chi connectivity index (χ1n) is 9.03. The van der Waals surface area contributed by atoms with Crippen molar-refractivity contribution in [2.24, 2.45) is 0 Å². The zero-order chi connectivity index (χ0) is 19.3. The van der Waals surface area contributed by atoms with Crippen molar-refractivity contribution in [3.63, 3.8) is 0 Å². The zero-order valence-electron chi connectivity index (χ0n) is 15.1. The Bertz CT molecular complexity index is 1090. The molecule has 0 unspecified atom stereocenters. The molecule has 3 heterocycles. The summed E-state index contributed by atoms with van der Waals surface area (Å²) in [4.78, 5) is 22.8. The van der Waals surface area contributed by atoms with Crippen LogP contribution in [-0.2, 0) is 24.3 Å². The first-order chi connectivity index (χ1) is 13.7. The van der Waals surface area contributed by atoms with Crippen LogP contribution in [0.2, 0.25) is 5.02 Å². The molecule has 28 heavy (non-hydrogen) atoms. The zero-order valence-corrected chi connectivity index (χ0v) is 16.7. The largest absolute Gasteiger partial charge is 0.352 e. The second-order valence-electron chi connectivity index (χ2n) is 6.41. The van der Waals surface area contributed by atoms with Crippen molar-refractivity contribution in [3.05, 3.63) is 81.4 Å². The molecule has 1 N–H and O–H groups in total. The van der Waals surface area contributed by atoms with Crippen LogP contribution in [0.15, 0.2) is 60.1 Å². The standard InChI is InChI=1S/C21H19ClN4OS/c22-17-7-2-1-5-15(17)13-24-20(27)10-9-19-25-18-8-3-11-23-21(18)26(19)14-16-6-4-12-28-16/h1-8,11-12H,9-10,13-14H2,(H,24,27). The molecule has 0 fully saturated rings. The topological polar surface area (TPSA) is 59.8 Å². The summed E-state index contributed by atoms with van der Waals surface area (Å²) in [6.07, 6.45) is 2.68. The van der Waals surface area contributed by atoms with Gasteiger partial charge in [0.05, 0.1) is 6.54 Å². The number of fused-ring (bicyclic) bond motifs is 1. The van der Waals surface area contributed by atoms with Crippen molar-refractivity contribution in [1.82, 2.24) is 19.9 Å². The summed E-state index contributed by atoms with van der Waals surface area (Å²) < 4.78 is 2.10. The van der Waals surface area contributed by atoms with Crippen LogP contribution in [-0.4, -0.2) is 20.4 Å². The lowest BCUT2D eigenvalue weighted by atomic mass is 10.2. The quantitative estimate of drug-likeness (QED) is 0.490. The Balaban J connectivity index is 1.45. The second kappa shape index (κ2) is 8.54. The fourth-order valence-corrected chi connectivity index (χ4v) is 3.97. The number of hydrogen-bond acceptors (Lipinski definition) is 4. The highest BCUT2D eigenvalue weighted by Gasteiger charge is 2.14. The Labute approximate surface area is 172 Å². The van der Waals surface area contributed by atoms with Crippen LogP contribution >= 0.6 is 22.9 Å². The van der Waals surface area contributed by atoms with E-state index in [1.807, 2.05) is 42.5 Å². The molecule has 0 atom stereocenters. The lowest BCUT2D eigenvalue weighted by Crippen LogP contribution is -2.23. The van der Waals surface area contributed by atoms with Crippen LogP contribution in [0.1, 0.15) is 22.7 Å². The van der Waals surface area contributed by atoms with Crippen molar-refractivity contribution in [2.45, 2.75) is 25.9 Å². The highest BCUT2D eigenvalue weighted by molar-refractivity contribution is 7.09. The molecule has 5 nitrogen and oxygen atoms in total. The number of carbonyl (C=O) groups is 1. The van der Waals surface area contributed by atoms with Gasteiger partial charge in [-0.2, -0.15) is 0 Å². The lowest BCUT2D eigenvalue weighted by Gasteiger charge is -2.09. The number of nitrogens with one attached hydrogen (secondary N) is 1. The monoisotopic (exact) mass is 410 g/mol. The van der Waals surface area contributed by atoms with E-state index in [-0.39, 0.29) is 5.91 Å². The van der Waals surface area contributed by atoms with Gasteiger partial charge in [0.15, 0.2) is 5.65 Å². The SMILES string of the molecule is O=C(CCc1nc2cccnc2n1Cc1cccs1)NCc1ccccc1Cl. The maximum Gasteiger partial charge on any atom is 0.220 e. The van der Waals surface area contributed by atoms with Gasteiger partial charge in [-0.1, -0.05) is 35.9 Å². The average Bonchev–Trinajstić information content (AvgIpc) is 3.34. The van der Waals surface area contributed by atoms with E-state index >= 15 is 0 Å². The van der Waals surface area contributed by atoms with Gasteiger partial charge >= 0.3 is 0 Å². The van der Waals surface area contributed by atoms with Crippen molar-refractivity contribution in [2.75, 3.05) is 0 Å². The Morgan fingerprint density at radius 1 is 1.14 bits per heavy atom. The van der Waals surface area contributed by atoms with E-state index in [0.717, 1.165) is 22.6 Å². The third-order valence-corrected chi connectivity index (χ3v) is 5.72. The van der Waals surface area contributed by atoms with Gasteiger partial charge in [-0.3, -0.25) is 4.79 Å². The van der Waals surface area contributed by atoms with Gasteiger partial charge in [-0.15, -0.1) is 11.3 Å². The summed E-state index contributed by atoms with van der Waals surface area (Å²) in [7, 11) is 0. The smallest absolute Gasteiger partial charge is 0.220 e. The molecule has 4 rings (SSSR count). The first kappa shape index (κ1) is 18.7. The summed E-state index contributed by atoms with van der Waals surface area (Å²) in [6, 6.07) is 15.5. The van der Waals surface area contributed by atoms with Crippen molar-refractivity contribution in [3.8, 4) is 0 Å². The van der Waals surface area contributed by atoms with E-state index in [0.29, 0.717) is 31.0 Å².